The molecule has 4 fully saturated rings. The second-order valence-corrected chi connectivity index (χ2v) is 16.6. The van der Waals surface area contributed by atoms with Gasteiger partial charge in [0.15, 0.2) is 0 Å². The smallest absolute Gasteiger partial charge is 0.335 e. The van der Waals surface area contributed by atoms with Gasteiger partial charge in [0.1, 0.15) is 0 Å². The van der Waals surface area contributed by atoms with E-state index in [1.54, 1.807) is 18.2 Å². The molecule has 1 aromatic rings. The van der Waals surface area contributed by atoms with Crippen LogP contribution in [0.15, 0.2) is 18.2 Å². The van der Waals surface area contributed by atoms with Crippen LogP contribution in [0.5, 0.6) is 0 Å². The molecule has 4 saturated carbocycles. The van der Waals surface area contributed by atoms with Crippen molar-refractivity contribution in [3.63, 3.8) is 0 Å². The van der Waals surface area contributed by atoms with E-state index < -0.39 is 47.8 Å². The Morgan fingerprint density at radius 3 is 1.19 bits per heavy atom. The molecule has 3 unspecified atom stereocenters. The van der Waals surface area contributed by atoms with Crippen LogP contribution in [0.4, 0.5) is 0 Å². The van der Waals surface area contributed by atoms with Crippen LogP contribution in [0, 0.1) is 53.3 Å². The van der Waals surface area contributed by atoms with Crippen LogP contribution >= 0.6 is 0 Å². The first-order valence-corrected chi connectivity index (χ1v) is 20.3. The van der Waals surface area contributed by atoms with Crippen LogP contribution in [0.25, 0.3) is 0 Å². The van der Waals surface area contributed by atoms with Crippen LogP contribution in [0.3, 0.4) is 0 Å². The van der Waals surface area contributed by atoms with Gasteiger partial charge >= 0.3 is 47.8 Å². The fourth-order valence-electron chi connectivity index (χ4n) is 9.16. The van der Waals surface area contributed by atoms with Gasteiger partial charge in [0.05, 0.1) is 35.2 Å². The Balaban J connectivity index is 0.000000208. The Morgan fingerprint density at radius 1 is 0.431 bits per heavy atom. The summed E-state index contributed by atoms with van der Waals surface area (Å²) in [4.78, 5) is 85.3. The first kappa shape index (κ1) is 47.4. The lowest BCUT2D eigenvalue weighted by Crippen LogP contribution is -2.35. The summed E-state index contributed by atoms with van der Waals surface area (Å²) in [5, 5.41) is 70.1. The van der Waals surface area contributed by atoms with E-state index in [9.17, 15) is 38.4 Å². The molecule has 5 aliphatic rings. The molecule has 0 spiro atoms. The maximum Gasteiger partial charge on any atom is 0.335 e. The monoisotopic (exact) mass is 818 g/mol. The molecule has 322 valence electrons. The molecular formula is C42H58O16. The molecule has 58 heavy (non-hydrogen) atoms. The molecule has 1 aromatic carbocycles. The molecule has 0 radical (unpaired) electrons. The minimum absolute atomic E-state index is 0.227. The van der Waals surface area contributed by atoms with Gasteiger partial charge in [-0.15, -0.1) is 0 Å². The number of carboxylic acid groups (broad SMARTS) is 8. The zero-order valence-electron chi connectivity index (χ0n) is 32.7. The molecule has 0 aromatic heterocycles. The quantitative estimate of drug-likeness (QED) is 0.129. The first-order valence-electron chi connectivity index (χ1n) is 20.3. The number of carboxylic acids is 8. The number of hydrogen-bond donors (Lipinski definition) is 8. The van der Waals surface area contributed by atoms with Gasteiger partial charge in [-0.25, -0.2) is 4.79 Å². The van der Waals surface area contributed by atoms with Crippen molar-refractivity contribution in [3.05, 3.63) is 34.9 Å². The third-order valence-corrected chi connectivity index (χ3v) is 12.7. The van der Waals surface area contributed by atoms with Gasteiger partial charge in [-0.05, 0) is 156 Å². The third-order valence-electron chi connectivity index (χ3n) is 12.7. The van der Waals surface area contributed by atoms with E-state index in [1.807, 2.05) is 0 Å². The molecule has 0 saturated heterocycles. The summed E-state index contributed by atoms with van der Waals surface area (Å²) in [6, 6.07) is 4.95. The highest BCUT2D eigenvalue weighted by Crippen LogP contribution is 2.44. The Hall–Kier alpha value is -5.02. The van der Waals surface area contributed by atoms with Crippen molar-refractivity contribution in [2.45, 2.75) is 122 Å². The van der Waals surface area contributed by atoms with Crippen molar-refractivity contribution in [3.8, 4) is 0 Å². The zero-order valence-corrected chi connectivity index (χ0v) is 32.7. The number of aliphatic carboxylic acids is 7. The number of carbonyl (C=O) groups is 8. The maximum absolute atomic E-state index is 10.9. The van der Waals surface area contributed by atoms with Crippen molar-refractivity contribution in [1.29, 1.82) is 0 Å². The highest BCUT2D eigenvalue weighted by molar-refractivity contribution is 5.88. The highest BCUT2D eigenvalue weighted by atomic mass is 16.4. The molecule has 16 nitrogen and oxygen atoms in total. The molecule has 0 aliphatic heterocycles. The van der Waals surface area contributed by atoms with Crippen molar-refractivity contribution in [2.24, 2.45) is 53.3 Å². The lowest BCUT2D eigenvalue weighted by Gasteiger charge is -2.40. The van der Waals surface area contributed by atoms with Crippen LogP contribution < -0.4 is 0 Å². The fraction of sp³-hybridized carbons (Fsp3) is 0.667. The van der Waals surface area contributed by atoms with Crippen molar-refractivity contribution < 1.29 is 79.2 Å². The Labute approximate surface area is 336 Å². The Kier molecular flexibility index (Phi) is 18.6. The minimum atomic E-state index is -0.972. The minimum Gasteiger partial charge on any atom is -0.481 e. The Morgan fingerprint density at radius 2 is 0.828 bits per heavy atom. The van der Waals surface area contributed by atoms with Crippen molar-refractivity contribution in [1.82, 2.24) is 0 Å². The second-order valence-electron chi connectivity index (χ2n) is 16.6. The SMILES string of the molecule is O=C(O)C1CCC(C(=O)O)CC1.O=C(O)C1CCC2CCC(C(=O)O)CC2C1.O=C(O)CC1CCC(CC(=O)O)CC1.O=C(O)c1ccc2c(c1)CC(C(=O)O)CC2. The standard InChI is InChI=1S/C12H18O4.C12H12O4.C10H16O4.C8H12O4/c2*13-11(14)8-3-1-7-2-4-9(12(15)16)6-10(7)5-8;11-9(12)5-7-1-2-8(4-3-7)6-10(13)14;9-7(10)5-1-2-6(4-3-5)8(11)12/h7-10H,1-6H2,(H,13,14)(H,15,16);1,3,5,9H,2,4,6H2,(H,13,14)(H,15,16);7-8H,1-6H2,(H,11,12)(H,13,14);5-6H,1-4H2,(H,9,10)(H,11,12). The van der Waals surface area contributed by atoms with Crippen LogP contribution in [0.1, 0.15) is 131 Å². The predicted octanol–water partition coefficient (Wildman–Crippen LogP) is 6.27. The van der Waals surface area contributed by atoms with E-state index >= 15 is 0 Å². The maximum atomic E-state index is 10.9. The number of hydrogen-bond acceptors (Lipinski definition) is 8. The number of aryl methyl sites for hydroxylation is 1. The van der Waals surface area contributed by atoms with E-state index in [0.717, 1.165) is 62.5 Å². The van der Waals surface area contributed by atoms with Gasteiger partial charge in [-0.3, -0.25) is 33.6 Å². The van der Waals surface area contributed by atoms with E-state index in [-0.39, 0.29) is 59.8 Å². The summed E-state index contributed by atoms with van der Waals surface area (Å²) in [5.74, 6) is -6.35. The zero-order chi connectivity index (χ0) is 43.1. The van der Waals surface area contributed by atoms with Gasteiger partial charge < -0.3 is 40.9 Å². The molecule has 0 amide bonds. The molecule has 0 heterocycles. The molecule has 6 rings (SSSR count). The van der Waals surface area contributed by atoms with Crippen molar-refractivity contribution >= 4 is 47.8 Å². The topological polar surface area (TPSA) is 298 Å². The summed E-state index contributed by atoms with van der Waals surface area (Å²) in [6.07, 6.45) is 12.6. The predicted molar refractivity (Wildman–Crippen MR) is 204 cm³/mol. The van der Waals surface area contributed by atoms with Gasteiger partial charge in [-0.1, -0.05) is 6.07 Å². The van der Waals surface area contributed by atoms with Crippen LogP contribution in [-0.4, -0.2) is 88.6 Å². The van der Waals surface area contributed by atoms with E-state index in [4.69, 9.17) is 40.9 Å². The summed E-state index contributed by atoms with van der Waals surface area (Å²) < 4.78 is 0. The fourth-order valence-corrected chi connectivity index (χ4v) is 9.16. The number of aromatic carboxylic acids is 1. The lowest BCUT2D eigenvalue weighted by molar-refractivity contribution is -0.148. The normalized spacial score (nSPS) is 28.6. The average Bonchev–Trinajstić information content (AvgIpc) is 3.18. The molecule has 5 aliphatic carbocycles. The highest BCUT2D eigenvalue weighted by Gasteiger charge is 2.39. The van der Waals surface area contributed by atoms with E-state index in [0.29, 0.717) is 69.6 Å². The molecule has 0 bridgehead atoms. The Bertz CT molecular complexity index is 1550. The number of benzene rings is 1. The summed E-state index contributed by atoms with van der Waals surface area (Å²) in [5.41, 5.74) is 2.16. The second kappa shape index (κ2) is 22.8. The van der Waals surface area contributed by atoms with E-state index in [1.165, 1.54) is 0 Å². The van der Waals surface area contributed by atoms with Crippen LogP contribution in [-0.2, 0) is 46.4 Å². The first-order chi connectivity index (χ1) is 27.3. The molecule has 8 N–H and O–H groups in total. The third kappa shape index (κ3) is 15.4. The average molecular weight is 819 g/mol. The summed E-state index contributed by atoms with van der Waals surface area (Å²) >= 11 is 0. The van der Waals surface area contributed by atoms with Gasteiger partial charge in [0.25, 0.3) is 0 Å². The largest absolute Gasteiger partial charge is 0.481 e. The van der Waals surface area contributed by atoms with Crippen molar-refractivity contribution in [2.75, 3.05) is 0 Å². The molecular weight excluding hydrogens is 760 g/mol. The molecule has 3 atom stereocenters. The lowest BCUT2D eigenvalue weighted by atomic mass is 9.65. The summed E-state index contributed by atoms with van der Waals surface area (Å²) in [7, 11) is 0. The number of fused-ring (bicyclic) bond motifs is 2. The molecule has 16 heteroatoms. The van der Waals surface area contributed by atoms with Gasteiger partial charge in [0, 0.05) is 12.8 Å². The van der Waals surface area contributed by atoms with E-state index in [2.05, 4.69) is 0 Å². The number of rotatable bonds is 10. The summed E-state index contributed by atoms with van der Waals surface area (Å²) in [6.45, 7) is 0. The van der Waals surface area contributed by atoms with Gasteiger partial charge in [-0.2, -0.15) is 0 Å². The van der Waals surface area contributed by atoms with Crippen LogP contribution in [0.2, 0.25) is 0 Å². The van der Waals surface area contributed by atoms with Gasteiger partial charge in [0.2, 0.25) is 0 Å².